The van der Waals surface area contributed by atoms with Gasteiger partial charge in [-0.25, -0.2) is 0 Å². The van der Waals surface area contributed by atoms with Gasteiger partial charge >= 0.3 is 0 Å². The Morgan fingerprint density at radius 2 is 2.00 bits per heavy atom. The van der Waals surface area contributed by atoms with Crippen molar-refractivity contribution in [2.24, 2.45) is 0 Å². The van der Waals surface area contributed by atoms with Crippen LogP contribution >= 0.6 is 0 Å². The number of nitrogens with one attached hydrogen (secondary N) is 1. The maximum absolute atomic E-state index is 11.9. The summed E-state index contributed by atoms with van der Waals surface area (Å²) < 4.78 is 0. The molecule has 1 unspecified atom stereocenters. The zero-order valence-corrected chi connectivity index (χ0v) is 12.2. The van der Waals surface area contributed by atoms with Gasteiger partial charge in [-0.05, 0) is 25.3 Å². The molecular weight excluding hydrogens is 250 g/mol. The predicted molar refractivity (Wildman–Crippen MR) is 82.2 cm³/mol. The number of amides is 1. The molecule has 3 nitrogen and oxygen atoms in total. The highest BCUT2D eigenvalue weighted by Crippen LogP contribution is 2.16. The van der Waals surface area contributed by atoms with Gasteiger partial charge in [0.25, 0.3) is 0 Å². The van der Waals surface area contributed by atoms with Crippen molar-refractivity contribution in [2.75, 3.05) is 6.61 Å². The van der Waals surface area contributed by atoms with Crippen LogP contribution in [-0.4, -0.2) is 17.6 Å². The van der Waals surface area contributed by atoms with Crippen LogP contribution in [0.5, 0.6) is 0 Å². The lowest BCUT2D eigenvalue weighted by Gasteiger charge is -2.17. The van der Waals surface area contributed by atoms with Crippen LogP contribution in [0.25, 0.3) is 0 Å². The van der Waals surface area contributed by atoms with Gasteiger partial charge in [-0.3, -0.25) is 4.79 Å². The van der Waals surface area contributed by atoms with E-state index < -0.39 is 0 Å². The molecule has 1 amide bonds. The first-order valence-corrected chi connectivity index (χ1v) is 7.00. The highest BCUT2D eigenvalue weighted by Gasteiger charge is 2.12. The van der Waals surface area contributed by atoms with E-state index in [1.54, 1.807) is 6.08 Å². The van der Waals surface area contributed by atoms with Gasteiger partial charge in [0.15, 0.2) is 0 Å². The number of carbonyl (C=O) groups is 1. The Balaban J connectivity index is 2.69. The van der Waals surface area contributed by atoms with Crippen molar-refractivity contribution in [1.29, 1.82) is 0 Å². The maximum atomic E-state index is 11.9. The van der Waals surface area contributed by atoms with E-state index in [1.807, 2.05) is 49.4 Å². The van der Waals surface area contributed by atoms with E-state index in [9.17, 15) is 4.79 Å². The molecule has 0 aliphatic carbocycles. The van der Waals surface area contributed by atoms with Gasteiger partial charge in [0, 0.05) is 12.7 Å². The highest BCUT2D eigenvalue weighted by atomic mass is 16.3. The van der Waals surface area contributed by atoms with Crippen LogP contribution in [0.1, 0.15) is 38.3 Å². The van der Waals surface area contributed by atoms with E-state index in [2.05, 4.69) is 12.2 Å². The summed E-state index contributed by atoms with van der Waals surface area (Å²) in [5.74, 6) is -0.139. The first-order chi connectivity index (χ1) is 9.71. The lowest BCUT2D eigenvalue weighted by atomic mass is 10.0. The van der Waals surface area contributed by atoms with E-state index in [0.717, 1.165) is 17.6 Å². The minimum atomic E-state index is -0.158. The third kappa shape index (κ3) is 5.41. The monoisotopic (exact) mass is 273 g/mol. The minimum absolute atomic E-state index is 0.0403. The largest absolute Gasteiger partial charge is 0.396 e. The van der Waals surface area contributed by atoms with Gasteiger partial charge in [-0.1, -0.05) is 55.0 Å². The number of benzene rings is 1. The van der Waals surface area contributed by atoms with Crippen LogP contribution in [0.3, 0.4) is 0 Å². The lowest BCUT2D eigenvalue weighted by Crippen LogP contribution is -2.27. The van der Waals surface area contributed by atoms with Crippen molar-refractivity contribution in [3.8, 4) is 0 Å². The Bertz CT molecular complexity index is 463. The topological polar surface area (TPSA) is 49.3 Å². The van der Waals surface area contributed by atoms with Crippen molar-refractivity contribution >= 4 is 5.91 Å². The summed E-state index contributed by atoms with van der Waals surface area (Å²) in [5.41, 5.74) is 2.13. The van der Waals surface area contributed by atoms with Gasteiger partial charge in [-0.2, -0.15) is 0 Å². The van der Waals surface area contributed by atoms with Crippen LogP contribution in [0.2, 0.25) is 0 Å². The summed E-state index contributed by atoms with van der Waals surface area (Å²) in [6, 6.07) is 9.53. The van der Waals surface area contributed by atoms with Crippen molar-refractivity contribution in [3.63, 3.8) is 0 Å². The fourth-order valence-corrected chi connectivity index (χ4v) is 1.96. The van der Waals surface area contributed by atoms with Crippen LogP contribution < -0.4 is 5.32 Å². The summed E-state index contributed by atoms with van der Waals surface area (Å²) in [7, 11) is 0. The molecule has 2 N–H and O–H groups in total. The lowest BCUT2D eigenvalue weighted by molar-refractivity contribution is -0.117. The molecule has 1 aromatic carbocycles. The van der Waals surface area contributed by atoms with Crippen LogP contribution in [0, 0.1) is 0 Å². The average Bonchev–Trinajstić information content (AvgIpc) is 2.49. The fraction of sp³-hybridized carbons (Fsp3) is 0.353. The number of hydrogen-bond acceptors (Lipinski definition) is 2. The average molecular weight is 273 g/mol. The minimum Gasteiger partial charge on any atom is -0.396 e. The standard InChI is InChI=1S/C17H23NO2/c1-3-14(4-2)10-11-17(20)18-16(12-13-19)15-8-6-5-7-9-15/h3,5-11,16,19H,4,12-13H2,1-2H3,(H,18,20). The fourth-order valence-electron chi connectivity index (χ4n) is 1.96. The second kappa shape index (κ2) is 9.10. The Morgan fingerprint density at radius 3 is 2.55 bits per heavy atom. The number of allylic oxidation sites excluding steroid dienone is 3. The second-order valence-corrected chi connectivity index (χ2v) is 4.53. The summed E-state index contributed by atoms with van der Waals surface area (Å²) >= 11 is 0. The molecule has 1 rings (SSSR count). The molecule has 20 heavy (non-hydrogen) atoms. The predicted octanol–water partition coefficient (Wildman–Crippen LogP) is 3.14. The summed E-state index contributed by atoms with van der Waals surface area (Å²) in [6.07, 6.45) is 6.78. The molecule has 0 fully saturated rings. The number of rotatable bonds is 7. The Labute approximate surface area is 121 Å². The summed E-state index contributed by atoms with van der Waals surface area (Å²) in [6.45, 7) is 4.05. The zero-order chi connectivity index (χ0) is 14.8. The Morgan fingerprint density at radius 1 is 1.30 bits per heavy atom. The Hall–Kier alpha value is -1.87. The number of hydrogen-bond donors (Lipinski definition) is 2. The van der Waals surface area contributed by atoms with Crippen molar-refractivity contribution in [3.05, 3.63) is 59.7 Å². The molecule has 1 atom stereocenters. The van der Waals surface area contributed by atoms with Crippen LogP contribution in [-0.2, 0) is 4.79 Å². The van der Waals surface area contributed by atoms with Gasteiger partial charge in [0.1, 0.15) is 0 Å². The molecule has 0 saturated carbocycles. The summed E-state index contributed by atoms with van der Waals surface area (Å²) in [4.78, 5) is 11.9. The second-order valence-electron chi connectivity index (χ2n) is 4.53. The smallest absolute Gasteiger partial charge is 0.244 e. The summed E-state index contributed by atoms with van der Waals surface area (Å²) in [5, 5.41) is 12.1. The van der Waals surface area contributed by atoms with E-state index in [1.165, 1.54) is 0 Å². The van der Waals surface area contributed by atoms with Crippen molar-refractivity contribution in [2.45, 2.75) is 32.7 Å². The molecule has 0 heterocycles. The first-order valence-electron chi connectivity index (χ1n) is 7.00. The molecule has 108 valence electrons. The van der Waals surface area contributed by atoms with E-state index in [-0.39, 0.29) is 18.6 Å². The molecule has 0 spiro atoms. The molecule has 0 aromatic heterocycles. The van der Waals surface area contributed by atoms with Crippen molar-refractivity contribution < 1.29 is 9.90 Å². The number of carbonyl (C=O) groups excluding carboxylic acids is 1. The normalized spacial score (nSPS) is 13.4. The molecule has 3 heteroatoms. The quantitative estimate of drug-likeness (QED) is 0.592. The van der Waals surface area contributed by atoms with Gasteiger partial charge < -0.3 is 10.4 Å². The third-order valence-corrected chi connectivity index (χ3v) is 3.16. The SMILES string of the molecule is CC=C(C=CC(=O)NC(CCO)c1ccccc1)CC. The maximum Gasteiger partial charge on any atom is 0.244 e. The van der Waals surface area contributed by atoms with Gasteiger partial charge in [0.2, 0.25) is 5.91 Å². The van der Waals surface area contributed by atoms with Crippen LogP contribution in [0.15, 0.2) is 54.1 Å². The zero-order valence-electron chi connectivity index (χ0n) is 12.2. The number of aliphatic hydroxyl groups is 1. The molecular formula is C17H23NO2. The van der Waals surface area contributed by atoms with E-state index >= 15 is 0 Å². The molecule has 1 aromatic rings. The molecule has 0 saturated heterocycles. The molecule has 0 aliphatic heterocycles. The van der Waals surface area contributed by atoms with Crippen molar-refractivity contribution in [1.82, 2.24) is 5.32 Å². The van der Waals surface area contributed by atoms with Gasteiger partial charge in [0.05, 0.1) is 6.04 Å². The molecule has 0 radical (unpaired) electrons. The van der Waals surface area contributed by atoms with E-state index in [4.69, 9.17) is 5.11 Å². The molecule has 0 bridgehead atoms. The first kappa shape index (κ1) is 16.2. The van der Waals surface area contributed by atoms with E-state index in [0.29, 0.717) is 6.42 Å². The Kier molecular flexibility index (Phi) is 7.36. The highest BCUT2D eigenvalue weighted by molar-refractivity contribution is 5.88. The number of aliphatic hydroxyl groups excluding tert-OH is 1. The van der Waals surface area contributed by atoms with Crippen LogP contribution in [0.4, 0.5) is 0 Å². The van der Waals surface area contributed by atoms with Gasteiger partial charge in [-0.15, -0.1) is 0 Å². The third-order valence-electron chi connectivity index (χ3n) is 3.16. The molecule has 0 aliphatic rings.